The third-order valence-electron chi connectivity index (χ3n) is 1.93. The van der Waals surface area contributed by atoms with Gasteiger partial charge in [0.2, 0.25) is 0 Å². The SMILES string of the molecule is CN(CCNN)Cc1ccccc1. The van der Waals surface area contributed by atoms with E-state index in [1.54, 1.807) is 0 Å². The molecule has 13 heavy (non-hydrogen) atoms. The van der Waals surface area contributed by atoms with Crippen LogP contribution in [0.3, 0.4) is 0 Å². The highest BCUT2D eigenvalue weighted by molar-refractivity contribution is 5.14. The Balaban J connectivity index is 2.32. The average Bonchev–Trinajstić information content (AvgIpc) is 2.16. The molecule has 3 N–H and O–H groups in total. The summed E-state index contributed by atoms with van der Waals surface area (Å²) in [6, 6.07) is 10.4. The maximum absolute atomic E-state index is 5.19. The Morgan fingerprint density at radius 2 is 2.00 bits per heavy atom. The molecule has 0 saturated heterocycles. The molecule has 0 unspecified atom stereocenters. The first kappa shape index (κ1) is 10.2. The molecule has 0 fully saturated rings. The lowest BCUT2D eigenvalue weighted by Crippen LogP contribution is -2.32. The van der Waals surface area contributed by atoms with Crippen LogP contribution in [-0.4, -0.2) is 25.0 Å². The molecule has 0 amide bonds. The zero-order valence-electron chi connectivity index (χ0n) is 8.03. The van der Waals surface area contributed by atoms with Gasteiger partial charge in [0.1, 0.15) is 0 Å². The molecule has 0 heterocycles. The highest BCUT2D eigenvalue weighted by Crippen LogP contribution is 2.01. The maximum atomic E-state index is 5.19. The Bertz CT molecular complexity index is 223. The van der Waals surface area contributed by atoms with E-state index in [0.29, 0.717) is 0 Å². The minimum Gasteiger partial charge on any atom is -0.301 e. The normalized spacial score (nSPS) is 10.7. The van der Waals surface area contributed by atoms with Gasteiger partial charge in [-0.1, -0.05) is 30.3 Å². The number of hydrogen-bond acceptors (Lipinski definition) is 3. The second kappa shape index (κ2) is 5.70. The number of rotatable bonds is 5. The Labute approximate surface area is 79.5 Å². The van der Waals surface area contributed by atoms with Gasteiger partial charge in [-0.2, -0.15) is 0 Å². The van der Waals surface area contributed by atoms with Crippen molar-refractivity contribution in [1.29, 1.82) is 0 Å². The van der Waals surface area contributed by atoms with Crippen molar-refractivity contribution in [2.45, 2.75) is 6.54 Å². The average molecular weight is 179 g/mol. The van der Waals surface area contributed by atoms with E-state index in [0.717, 1.165) is 19.6 Å². The van der Waals surface area contributed by atoms with Crippen LogP contribution in [0.4, 0.5) is 0 Å². The van der Waals surface area contributed by atoms with Crippen molar-refractivity contribution in [3.63, 3.8) is 0 Å². The van der Waals surface area contributed by atoms with Crippen molar-refractivity contribution in [3.05, 3.63) is 35.9 Å². The van der Waals surface area contributed by atoms with E-state index >= 15 is 0 Å². The van der Waals surface area contributed by atoms with Crippen LogP contribution in [0.15, 0.2) is 30.3 Å². The van der Waals surface area contributed by atoms with E-state index in [2.05, 4.69) is 41.6 Å². The third-order valence-corrected chi connectivity index (χ3v) is 1.93. The van der Waals surface area contributed by atoms with Gasteiger partial charge in [-0.25, -0.2) is 0 Å². The Morgan fingerprint density at radius 3 is 2.62 bits per heavy atom. The molecule has 72 valence electrons. The first-order chi connectivity index (χ1) is 6.33. The number of nitrogens with zero attached hydrogens (tertiary/aromatic N) is 1. The summed E-state index contributed by atoms with van der Waals surface area (Å²) in [5.41, 5.74) is 3.98. The molecule has 1 aromatic rings. The topological polar surface area (TPSA) is 41.3 Å². The van der Waals surface area contributed by atoms with E-state index in [9.17, 15) is 0 Å². The molecule has 1 aromatic carbocycles. The fourth-order valence-electron chi connectivity index (χ4n) is 1.23. The lowest BCUT2D eigenvalue weighted by Gasteiger charge is -2.15. The van der Waals surface area contributed by atoms with E-state index in [-0.39, 0.29) is 0 Å². The van der Waals surface area contributed by atoms with E-state index in [1.807, 2.05) is 6.07 Å². The molecule has 3 nitrogen and oxygen atoms in total. The molecule has 0 aliphatic rings. The van der Waals surface area contributed by atoms with Crippen LogP contribution in [0, 0.1) is 0 Å². The predicted octanol–water partition coefficient (Wildman–Crippen LogP) is 0.582. The number of benzene rings is 1. The molecule has 0 aliphatic heterocycles. The van der Waals surface area contributed by atoms with Crippen LogP contribution in [0.2, 0.25) is 0 Å². The number of hydrogen-bond donors (Lipinski definition) is 2. The standard InChI is InChI=1S/C10H17N3/c1-13(8-7-12-11)9-10-5-3-2-4-6-10/h2-6,12H,7-9,11H2,1H3. The monoisotopic (exact) mass is 179 g/mol. The van der Waals surface area contributed by atoms with Gasteiger partial charge in [-0.05, 0) is 12.6 Å². The van der Waals surface area contributed by atoms with E-state index in [1.165, 1.54) is 5.56 Å². The van der Waals surface area contributed by atoms with Crippen LogP contribution >= 0.6 is 0 Å². The fraction of sp³-hybridized carbons (Fsp3) is 0.400. The van der Waals surface area contributed by atoms with Crippen molar-refractivity contribution in [3.8, 4) is 0 Å². The van der Waals surface area contributed by atoms with Gasteiger partial charge in [-0.3, -0.25) is 11.3 Å². The number of nitrogens with one attached hydrogen (secondary N) is 1. The first-order valence-electron chi connectivity index (χ1n) is 4.49. The first-order valence-corrected chi connectivity index (χ1v) is 4.49. The van der Waals surface area contributed by atoms with Crippen LogP contribution in [0.25, 0.3) is 0 Å². The quantitative estimate of drug-likeness (QED) is 0.513. The summed E-state index contributed by atoms with van der Waals surface area (Å²) in [5, 5.41) is 0. The van der Waals surface area contributed by atoms with Crippen molar-refractivity contribution in [2.75, 3.05) is 20.1 Å². The minimum absolute atomic E-state index is 0.823. The van der Waals surface area contributed by atoms with Crippen molar-refractivity contribution >= 4 is 0 Å². The summed E-state index contributed by atoms with van der Waals surface area (Å²) in [7, 11) is 2.09. The Hall–Kier alpha value is -0.900. The van der Waals surface area contributed by atoms with Crippen LogP contribution in [-0.2, 0) is 6.54 Å². The highest BCUT2D eigenvalue weighted by atomic mass is 15.2. The summed E-state index contributed by atoms with van der Waals surface area (Å²) in [6.45, 7) is 2.76. The van der Waals surface area contributed by atoms with Gasteiger partial charge < -0.3 is 4.90 Å². The second-order valence-electron chi connectivity index (χ2n) is 3.18. The Kier molecular flexibility index (Phi) is 4.46. The zero-order chi connectivity index (χ0) is 9.52. The zero-order valence-corrected chi connectivity index (χ0v) is 8.03. The van der Waals surface area contributed by atoms with Crippen molar-refractivity contribution in [1.82, 2.24) is 10.3 Å². The van der Waals surface area contributed by atoms with Gasteiger partial charge in [0.25, 0.3) is 0 Å². The summed E-state index contributed by atoms with van der Waals surface area (Å²) in [5.74, 6) is 5.19. The van der Waals surface area contributed by atoms with E-state index < -0.39 is 0 Å². The largest absolute Gasteiger partial charge is 0.301 e. The summed E-state index contributed by atoms with van der Waals surface area (Å²) < 4.78 is 0. The lowest BCUT2D eigenvalue weighted by atomic mass is 10.2. The molecule has 0 spiro atoms. The third kappa shape index (κ3) is 4.03. The summed E-state index contributed by atoms with van der Waals surface area (Å²) in [6.07, 6.45) is 0. The number of hydrazine groups is 1. The molecule has 0 aromatic heterocycles. The van der Waals surface area contributed by atoms with Crippen LogP contribution in [0.5, 0.6) is 0 Å². The molecule has 0 atom stereocenters. The van der Waals surface area contributed by atoms with Crippen LogP contribution in [0.1, 0.15) is 5.56 Å². The molecule has 0 radical (unpaired) electrons. The van der Waals surface area contributed by atoms with Gasteiger partial charge >= 0.3 is 0 Å². The number of likely N-dealkylation sites (N-methyl/N-ethyl adjacent to an activating group) is 1. The maximum Gasteiger partial charge on any atom is 0.0231 e. The summed E-state index contributed by atoms with van der Waals surface area (Å²) >= 11 is 0. The molecule has 1 rings (SSSR count). The molecular formula is C10H17N3. The van der Waals surface area contributed by atoms with Crippen molar-refractivity contribution < 1.29 is 0 Å². The van der Waals surface area contributed by atoms with Crippen LogP contribution < -0.4 is 11.3 Å². The molecule has 0 bridgehead atoms. The smallest absolute Gasteiger partial charge is 0.0231 e. The lowest BCUT2D eigenvalue weighted by molar-refractivity contribution is 0.325. The minimum atomic E-state index is 0.823. The highest BCUT2D eigenvalue weighted by Gasteiger charge is 1.97. The Morgan fingerprint density at radius 1 is 1.31 bits per heavy atom. The van der Waals surface area contributed by atoms with Gasteiger partial charge in [-0.15, -0.1) is 0 Å². The molecular weight excluding hydrogens is 162 g/mol. The second-order valence-corrected chi connectivity index (χ2v) is 3.18. The molecule has 0 aliphatic carbocycles. The van der Waals surface area contributed by atoms with Gasteiger partial charge in [0, 0.05) is 19.6 Å². The molecule has 0 saturated carbocycles. The predicted molar refractivity (Wildman–Crippen MR) is 55.0 cm³/mol. The molecule has 3 heteroatoms. The van der Waals surface area contributed by atoms with E-state index in [4.69, 9.17) is 5.84 Å². The fourth-order valence-corrected chi connectivity index (χ4v) is 1.23. The number of nitrogens with two attached hydrogens (primary N) is 1. The summed E-state index contributed by atoms with van der Waals surface area (Å²) in [4.78, 5) is 2.23. The van der Waals surface area contributed by atoms with Crippen molar-refractivity contribution in [2.24, 2.45) is 5.84 Å². The van der Waals surface area contributed by atoms with Gasteiger partial charge in [0.05, 0.1) is 0 Å². The van der Waals surface area contributed by atoms with Gasteiger partial charge in [0.15, 0.2) is 0 Å².